The Bertz CT molecular complexity index is 566. The van der Waals surface area contributed by atoms with E-state index in [-0.39, 0.29) is 5.78 Å². The number of hydrogen-bond donors (Lipinski definition) is 0. The largest absolute Gasteiger partial charge is 0.347 e. The molecule has 0 N–H and O–H groups in total. The molecule has 0 saturated carbocycles. The first kappa shape index (κ1) is 10.3. The number of ketones is 1. The molecule has 0 bridgehead atoms. The predicted octanol–water partition coefficient (Wildman–Crippen LogP) is 3.21. The molecule has 0 spiro atoms. The zero-order valence-electron chi connectivity index (χ0n) is 9.94. The molecule has 0 unspecified atom stereocenters. The fourth-order valence-corrected chi connectivity index (χ4v) is 2.71. The molecule has 17 heavy (non-hydrogen) atoms. The molecule has 2 aromatic rings. The number of aromatic nitrogens is 1. The van der Waals surface area contributed by atoms with Gasteiger partial charge in [0.05, 0.1) is 5.69 Å². The van der Waals surface area contributed by atoms with E-state index in [1.165, 1.54) is 16.7 Å². The van der Waals surface area contributed by atoms with Crippen LogP contribution < -0.4 is 0 Å². The lowest BCUT2D eigenvalue weighted by Crippen LogP contribution is -2.13. The Morgan fingerprint density at radius 3 is 2.65 bits per heavy atom. The quantitative estimate of drug-likeness (QED) is 0.730. The van der Waals surface area contributed by atoms with E-state index in [2.05, 4.69) is 18.3 Å². The number of nitrogens with zero attached hydrogens (tertiary/aromatic N) is 1. The van der Waals surface area contributed by atoms with Crippen LogP contribution in [0.25, 0.3) is 11.1 Å². The van der Waals surface area contributed by atoms with Gasteiger partial charge >= 0.3 is 0 Å². The summed E-state index contributed by atoms with van der Waals surface area (Å²) in [5.41, 5.74) is 4.57. The monoisotopic (exact) mass is 225 g/mol. The summed E-state index contributed by atoms with van der Waals surface area (Å²) in [6.45, 7) is 0. The number of aryl methyl sites for hydroxylation is 1. The number of rotatable bonds is 1. The molecule has 1 aromatic heterocycles. The van der Waals surface area contributed by atoms with E-state index in [4.69, 9.17) is 0 Å². The molecule has 2 heteroatoms. The van der Waals surface area contributed by atoms with Crippen molar-refractivity contribution in [2.75, 3.05) is 0 Å². The predicted molar refractivity (Wildman–Crippen MR) is 68.1 cm³/mol. The fraction of sp³-hybridized carbons (Fsp3) is 0.267. The first-order valence-corrected chi connectivity index (χ1v) is 6.04. The van der Waals surface area contributed by atoms with Gasteiger partial charge in [-0.15, -0.1) is 0 Å². The van der Waals surface area contributed by atoms with E-state index in [9.17, 15) is 4.79 Å². The van der Waals surface area contributed by atoms with E-state index in [0.717, 1.165) is 18.5 Å². The molecular weight excluding hydrogens is 210 g/mol. The minimum atomic E-state index is 0.288. The Hall–Kier alpha value is -1.83. The summed E-state index contributed by atoms with van der Waals surface area (Å²) in [6, 6.07) is 10.3. The summed E-state index contributed by atoms with van der Waals surface area (Å²) in [4.78, 5) is 11.9. The first-order valence-electron chi connectivity index (χ1n) is 6.04. The second-order valence-corrected chi connectivity index (χ2v) is 4.62. The molecule has 1 heterocycles. The maximum absolute atomic E-state index is 11.9. The van der Waals surface area contributed by atoms with Gasteiger partial charge in [0, 0.05) is 25.2 Å². The summed E-state index contributed by atoms with van der Waals surface area (Å²) >= 11 is 0. The highest BCUT2D eigenvalue weighted by Gasteiger charge is 2.24. The Labute approximate surface area is 101 Å². The summed E-state index contributed by atoms with van der Waals surface area (Å²) in [5.74, 6) is 0.288. The van der Waals surface area contributed by atoms with Crippen LogP contribution in [0.1, 0.15) is 28.9 Å². The SMILES string of the molecule is Cn1cc(-c2ccccc2)c2c1C(=O)CCC2. The van der Waals surface area contributed by atoms with Gasteiger partial charge in [0.15, 0.2) is 5.78 Å². The van der Waals surface area contributed by atoms with Crippen LogP contribution in [0.5, 0.6) is 0 Å². The third-order valence-electron chi connectivity index (χ3n) is 3.47. The third-order valence-corrected chi connectivity index (χ3v) is 3.47. The van der Waals surface area contributed by atoms with E-state index < -0.39 is 0 Å². The van der Waals surface area contributed by atoms with Crippen LogP contribution in [0.4, 0.5) is 0 Å². The highest BCUT2D eigenvalue weighted by molar-refractivity contribution is 5.99. The van der Waals surface area contributed by atoms with Crippen molar-refractivity contribution in [3.05, 3.63) is 47.8 Å². The standard InChI is InChI=1S/C15H15NO/c1-16-10-13(11-6-3-2-4-7-11)12-8-5-9-14(17)15(12)16/h2-4,6-7,10H,5,8-9H2,1H3. The average Bonchev–Trinajstić information content (AvgIpc) is 2.69. The Morgan fingerprint density at radius 2 is 1.88 bits per heavy atom. The molecule has 0 saturated heterocycles. The van der Waals surface area contributed by atoms with Crippen LogP contribution in [0.15, 0.2) is 36.5 Å². The van der Waals surface area contributed by atoms with Crippen molar-refractivity contribution >= 4 is 5.78 Å². The number of Topliss-reactive ketones (excluding diaryl/α,β-unsaturated/α-hetero) is 1. The molecule has 0 aliphatic heterocycles. The van der Waals surface area contributed by atoms with Gasteiger partial charge in [-0.25, -0.2) is 0 Å². The summed E-state index contributed by atoms with van der Waals surface area (Å²) in [7, 11) is 1.97. The fourth-order valence-electron chi connectivity index (χ4n) is 2.71. The van der Waals surface area contributed by atoms with Gasteiger partial charge in [0.25, 0.3) is 0 Å². The van der Waals surface area contributed by atoms with E-state index in [1.54, 1.807) is 0 Å². The van der Waals surface area contributed by atoms with Gasteiger partial charge in [-0.2, -0.15) is 0 Å². The van der Waals surface area contributed by atoms with Crippen molar-refractivity contribution in [2.45, 2.75) is 19.3 Å². The highest BCUT2D eigenvalue weighted by atomic mass is 16.1. The lowest BCUT2D eigenvalue weighted by atomic mass is 9.91. The minimum absolute atomic E-state index is 0.288. The van der Waals surface area contributed by atoms with Crippen molar-refractivity contribution in [2.24, 2.45) is 7.05 Å². The van der Waals surface area contributed by atoms with Gasteiger partial charge in [0.2, 0.25) is 0 Å². The van der Waals surface area contributed by atoms with Crippen LogP contribution >= 0.6 is 0 Å². The maximum atomic E-state index is 11.9. The third kappa shape index (κ3) is 1.60. The average molecular weight is 225 g/mol. The Balaban J connectivity index is 2.20. The molecule has 1 aliphatic carbocycles. The van der Waals surface area contributed by atoms with Gasteiger partial charge in [0.1, 0.15) is 0 Å². The smallest absolute Gasteiger partial charge is 0.179 e. The first-order chi connectivity index (χ1) is 8.27. The summed E-state index contributed by atoms with van der Waals surface area (Å²) in [6.07, 6.45) is 4.78. The number of carbonyl (C=O) groups excluding carboxylic acids is 1. The van der Waals surface area contributed by atoms with E-state index in [1.807, 2.05) is 29.8 Å². The van der Waals surface area contributed by atoms with Gasteiger partial charge < -0.3 is 4.57 Å². The number of fused-ring (bicyclic) bond motifs is 1. The highest BCUT2D eigenvalue weighted by Crippen LogP contribution is 2.32. The van der Waals surface area contributed by atoms with Gasteiger partial charge in [-0.3, -0.25) is 4.79 Å². The van der Waals surface area contributed by atoms with Crippen molar-refractivity contribution < 1.29 is 4.79 Å². The lowest BCUT2D eigenvalue weighted by Gasteiger charge is -2.13. The Morgan fingerprint density at radius 1 is 1.12 bits per heavy atom. The summed E-state index contributed by atoms with van der Waals surface area (Å²) < 4.78 is 1.99. The van der Waals surface area contributed by atoms with Crippen LogP contribution in [0.2, 0.25) is 0 Å². The van der Waals surface area contributed by atoms with Crippen LogP contribution in [-0.2, 0) is 13.5 Å². The molecule has 0 atom stereocenters. The number of benzene rings is 1. The van der Waals surface area contributed by atoms with Gasteiger partial charge in [-0.1, -0.05) is 30.3 Å². The molecule has 3 rings (SSSR count). The maximum Gasteiger partial charge on any atom is 0.179 e. The topological polar surface area (TPSA) is 22.0 Å². The minimum Gasteiger partial charge on any atom is -0.347 e. The second kappa shape index (κ2) is 3.88. The zero-order valence-corrected chi connectivity index (χ0v) is 9.94. The molecule has 1 aromatic carbocycles. The zero-order chi connectivity index (χ0) is 11.8. The number of hydrogen-bond acceptors (Lipinski definition) is 1. The normalized spacial score (nSPS) is 14.8. The molecule has 86 valence electrons. The van der Waals surface area contributed by atoms with E-state index >= 15 is 0 Å². The van der Waals surface area contributed by atoms with Crippen molar-refractivity contribution in [1.82, 2.24) is 4.57 Å². The molecular formula is C15H15NO. The Kier molecular flexibility index (Phi) is 2.36. The van der Waals surface area contributed by atoms with Crippen LogP contribution in [-0.4, -0.2) is 10.4 Å². The molecule has 1 aliphatic rings. The van der Waals surface area contributed by atoms with Gasteiger partial charge in [-0.05, 0) is 24.0 Å². The van der Waals surface area contributed by atoms with Crippen LogP contribution in [0, 0.1) is 0 Å². The van der Waals surface area contributed by atoms with Crippen molar-refractivity contribution in [1.29, 1.82) is 0 Å². The molecule has 2 nitrogen and oxygen atoms in total. The summed E-state index contributed by atoms with van der Waals surface area (Å²) in [5, 5.41) is 0. The molecule has 0 radical (unpaired) electrons. The van der Waals surface area contributed by atoms with E-state index in [0.29, 0.717) is 6.42 Å². The molecule has 0 amide bonds. The second-order valence-electron chi connectivity index (χ2n) is 4.62. The van der Waals surface area contributed by atoms with Crippen molar-refractivity contribution in [3.63, 3.8) is 0 Å². The number of carbonyl (C=O) groups is 1. The lowest BCUT2D eigenvalue weighted by molar-refractivity contribution is 0.0964. The van der Waals surface area contributed by atoms with Crippen molar-refractivity contribution in [3.8, 4) is 11.1 Å². The van der Waals surface area contributed by atoms with Crippen LogP contribution in [0.3, 0.4) is 0 Å². The molecule has 0 fully saturated rings.